The number of halogens is 3. The number of piperidine rings is 1. The van der Waals surface area contributed by atoms with Crippen LogP contribution in [0.4, 0.5) is 13.2 Å². The van der Waals surface area contributed by atoms with Crippen molar-refractivity contribution in [1.29, 1.82) is 0 Å². The van der Waals surface area contributed by atoms with Crippen molar-refractivity contribution in [2.75, 3.05) is 26.7 Å². The number of aryl methyl sites for hydroxylation is 1. The van der Waals surface area contributed by atoms with E-state index in [0.717, 1.165) is 16.5 Å². The van der Waals surface area contributed by atoms with Crippen molar-refractivity contribution in [2.24, 2.45) is 5.41 Å². The molecule has 1 aliphatic rings. The molecule has 0 bridgehead atoms. The molecule has 0 saturated carbocycles. The molecule has 2 aromatic carbocycles. The molecule has 39 heavy (non-hydrogen) atoms. The van der Waals surface area contributed by atoms with E-state index >= 15 is 0 Å². The molecule has 0 aliphatic carbocycles. The van der Waals surface area contributed by atoms with E-state index < -0.39 is 34.3 Å². The zero-order chi connectivity index (χ0) is 28.0. The summed E-state index contributed by atoms with van der Waals surface area (Å²) in [6, 6.07) is 6.74. The average Bonchev–Trinajstić information content (AvgIpc) is 2.94. The lowest BCUT2D eigenvalue weighted by atomic mass is 9.73. The third-order valence-corrected chi connectivity index (χ3v) is 7.45. The van der Waals surface area contributed by atoms with Gasteiger partial charge in [0.05, 0.1) is 36.8 Å². The Balaban J connectivity index is 1.43. The number of aliphatic hydroxyl groups excluding tert-OH is 1. The zero-order valence-corrected chi connectivity index (χ0v) is 21.6. The van der Waals surface area contributed by atoms with Crippen LogP contribution >= 0.6 is 0 Å². The van der Waals surface area contributed by atoms with Crippen molar-refractivity contribution in [1.82, 2.24) is 15.4 Å². The molecule has 206 valence electrons. The largest absolute Gasteiger partial charge is 0.497 e. The van der Waals surface area contributed by atoms with Crippen molar-refractivity contribution < 1.29 is 33.0 Å². The summed E-state index contributed by atoms with van der Waals surface area (Å²) in [4.78, 5) is 19.1. The second-order valence-corrected chi connectivity index (χ2v) is 9.70. The number of aromatic nitrogens is 1. The summed E-state index contributed by atoms with van der Waals surface area (Å²) in [5.74, 6) is 2.28. The molecule has 0 unspecified atom stereocenters. The predicted octanol–water partition coefficient (Wildman–Crippen LogP) is 4.12. The van der Waals surface area contributed by atoms with Crippen LogP contribution in [0.3, 0.4) is 0 Å². The molecule has 0 radical (unpaired) electrons. The number of methoxy groups -OCH3 is 1. The van der Waals surface area contributed by atoms with E-state index in [1.165, 1.54) is 0 Å². The van der Waals surface area contributed by atoms with Gasteiger partial charge in [0, 0.05) is 36.8 Å². The maximum atomic E-state index is 13.8. The lowest BCUT2D eigenvalue weighted by molar-refractivity contribution is -0.143. The Labute approximate surface area is 224 Å². The van der Waals surface area contributed by atoms with Gasteiger partial charge < -0.3 is 9.84 Å². The fourth-order valence-electron chi connectivity index (χ4n) is 5.18. The number of likely N-dealkylation sites (tertiary alicyclic amines) is 1. The highest BCUT2D eigenvalue weighted by molar-refractivity contribution is 5.84. The molecule has 10 heteroatoms. The van der Waals surface area contributed by atoms with Gasteiger partial charge in [0.25, 0.3) is 0 Å². The number of hydrogen-bond donors (Lipinski definition) is 3. The molecular formula is C29H30F3N3O4. The van der Waals surface area contributed by atoms with Crippen molar-refractivity contribution in [2.45, 2.75) is 38.7 Å². The lowest BCUT2D eigenvalue weighted by Gasteiger charge is -2.39. The molecule has 2 heterocycles. The third-order valence-electron chi connectivity index (χ3n) is 7.45. The molecule has 3 N–H and O–H groups in total. The van der Waals surface area contributed by atoms with Crippen LogP contribution in [-0.2, 0) is 17.8 Å². The molecule has 0 atom stereocenters. The Bertz CT molecular complexity index is 1380. The SMILES string of the molecule is COc1ccc2ncc(CO)c(CCCC3(C(=O)NO)CCN(CC#Cc4c(F)cc(F)cc4F)CC3)c2c1. The van der Waals surface area contributed by atoms with Crippen molar-refractivity contribution in [3.05, 3.63) is 70.7 Å². The number of nitrogens with one attached hydrogen (secondary N) is 1. The predicted molar refractivity (Wildman–Crippen MR) is 138 cm³/mol. The average molecular weight is 542 g/mol. The highest BCUT2D eigenvalue weighted by Crippen LogP contribution is 2.37. The number of aliphatic hydroxyl groups is 1. The van der Waals surface area contributed by atoms with Gasteiger partial charge in [-0.1, -0.05) is 11.8 Å². The molecule has 3 aromatic rings. The number of carbonyl (C=O) groups excluding carboxylic acids is 1. The maximum absolute atomic E-state index is 13.8. The number of hydrogen-bond acceptors (Lipinski definition) is 6. The summed E-state index contributed by atoms with van der Waals surface area (Å²) < 4.78 is 46.1. The minimum Gasteiger partial charge on any atom is -0.497 e. The normalized spacial score (nSPS) is 15.0. The van der Waals surface area contributed by atoms with Crippen LogP contribution in [0.2, 0.25) is 0 Å². The van der Waals surface area contributed by atoms with E-state index in [1.807, 2.05) is 28.6 Å². The van der Waals surface area contributed by atoms with Gasteiger partial charge in [0.1, 0.15) is 23.2 Å². The number of hydroxylamine groups is 1. The van der Waals surface area contributed by atoms with Gasteiger partial charge in [0.2, 0.25) is 5.91 Å². The number of carbonyl (C=O) groups is 1. The Morgan fingerprint density at radius 3 is 2.54 bits per heavy atom. The number of nitrogens with zero attached hydrogens (tertiary/aromatic N) is 2. The fourth-order valence-corrected chi connectivity index (χ4v) is 5.18. The smallest absolute Gasteiger partial charge is 0.249 e. The van der Waals surface area contributed by atoms with Crippen LogP contribution in [0.25, 0.3) is 10.9 Å². The van der Waals surface area contributed by atoms with E-state index in [-0.39, 0.29) is 13.2 Å². The minimum absolute atomic E-state index is 0.167. The van der Waals surface area contributed by atoms with Crippen LogP contribution in [0.5, 0.6) is 5.75 Å². The Morgan fingerprint density at radius 1 is 1.18 bits per heavy atom. The van der Waals surface area contributed by atoms with Crippen LogP contribution < -0.4 is 10.2 Å². The fraction of sp³-hybridized carbons (Fsp3) is 0.379. The first-order valence-electron chi connectivity index (χ1n) is 12.7. The molecule has 1 fully saturated rings. The van der Waals surface area contributed by atoms with Gasteiger partial charge in [-0.25, -0.2) is 18.7 Å². The van der Waals surface area contributed by atoms with E-state index in [0.29, 0.717) is 68.6 Å². The third kappa shape index (κ3) is 6.33. The quantitative estimate of drug-likeness (QED) is 0.226. The first-order chi connectivity index (χ1) is 18.8. The summed E-state index contributed by atoms with van der Waals surface area (Å²) in [6.45, 7) is 1.04. The van der Waals surface area contributed by atoms with Crippen LogP contribution in [0.1, 0.15) is 42.4 Å². The van der Waals surface area contributed by atoms with Crippen LogP contribution in [0, 0.1) is 34.7 Å². The summed E-state index contributed by atoms with van der Waals surface area (Å²) in [6.07, 6.45) is 4.29. The topological polar surface area (TPSA) is 94.9 Å². The summed E-state index contributed by atoms with van der Waals surface area (Å²) in [5, 5.41) is 20.2. The van der Waals surface area contributed by atoms with Crippen molar-refractivity contribution >= 4 is 16.8 Å². The van der Waals surface area contributed by atoms with Crippen LogP contribution in [-0.4, -0.2) is 52.8 Å². The van der Waals surface area contributed by atoms with Crippen molar-refractivity contribution in [3.63, 3.8) is 0 Å². The van der Waals surface area contributed by atoms with E-state index in [9.17, 15) is 28.3 Å². The molecule has 0 spiro atoms. The molecule has 1 saturated heterocycles. The molecule has 7 nitrogen and oxygen atoms in total. The molecule has 4 rings (SSSR count). The monoisotopic (exact) mass is 541 g/mol. The van der Waals surface area contributed by atoms with Gasteiger partial charge in [-0.3, -0.25) is 19.9 Å². The molecular weight excluding hydrogens is 511 g/mol. The van der Waals surface area contributed by atoms with E-state index in [1.54, 1.807) is 13.3 Å². The zero-order valence-electron chi connectivity index (χ0n) is 21.6. The van der Waals surface area contributed by atoms with E-state index in [4.69, 9.17) is 4.74 Å². The second kappa shape index (κ2) is 12.5. The number of rotatable bonds is 8. The Morgan fingerprint density at radius 2 is 1.90 bits per heavy atom. The number of pyridine rings is 1. The number of amides is 1. The van der Waals surface area contributed by atoms with Gasteiger partial charge in [-0.15, -0.1) is 0 Å². The number of benzene rings is 2. The molecule has 1 aliphatic heterocycles. The Hall–Kier alpha value is -3.65. The first kappa shape index (κ1) is 28.4. The van der Waals surface area contributed by atoms with Gasteiger partial charge in [-0.05, 0) is 61.4 Å². The van der Waals surface area contributed by atoms with E-state index in [2.05, 4.69) is 16.8 Å². The summed E-state index contributed by atoms with van der Waals surface area (Å²) in [5.41, 5.74) is 2.97. The lowest BCUT2D eigenvalue weighted by Crippen LogP contribution is -2.48. The summed E-state index contributed by atoms with van der Waals surface area (Å²) in [7, 11) is 1.58. The van der Waals surface area contributed by atoms with Crippen LogP contribution in [0.15, 0.2) is 36.5 Å². The van der Waals surface area contributed by atoms with Gasteiger partial charge >= 0.3 is 0 Å². The molecule has 1 amide bonds. The second-order valence-electron chi connectivity index (χ2n) is 9.70. The summed E-state index contributed by atoms with van der Waals surface area (Å²) >= 11 is 0. The minimum atomic E-state index is -1.05. The first-order valence-corrected chi connectivity index (χ1v) is 12.7. The molecule has 1 aromatic heterocycles. The van der Waals surface area contributed by atoms with Gasteiger partial charge in [0.15, 0.2) is 0 Å². The number of fused-ring (bicyclic) bond motifs is 1. The highest BCUT2D eigenvalue weighted by atomic mass is 19.1. The highest BCUT2D eigenvalue weighted by Gasteiger charge is 2.40. The standard InChI is InChI=1S/C29H30F3N3O4/c1-39-21-6-7-27-24(16-21)22(19(18-36)17-33-27)4-2-8-29(28(37)34-38)9-12-35(13-10-29)11-3-5-23-25(31)14-20(30)15-26(23)32/h6-7,14-17,36,38H,2,4,8-13,18H2,1H3,(H,34,37). The Kier molecular flexibility index (Phi) is 9.07. The maximum Gasteiger partial charge on any atom is 0.249 e. The van der Waals surface area contributed by atoms with Gasteiger partial charge in [-0.2, -0.15) is 0 Å². The van der Waals surface area contributed by atoms with Crippen molar-refractivity contribution in [3.8, 4) is 17.6 Å². The number of ether oxygens (including phenoxy) is 1.